The van der Waals surface area contributed by atoms with E-state index in [4.69, 9.17) is 0 Å². The Balaban J connectivity index is 2.03. The highest BCUT2D eigenvalue weighted by atomic mass is 32.1. The van der Waals surface area contributed by atoms with E-state index in [1.165, 1.54) is 18.0 Å². The molecule has 2 N–H and O–H groups in total. The Bertz CT molecular complexity index is 402. The van der Waals surface area contributed by atoms with E-state index in [9.17, 15) is 9.90 Å². The molecule has 1 aliphatic carbocycles. The van der Waals surface area contributed by atoms with Crippen LogP contribution < -0.4 is 5.32 Å². The molecule has 100 valence electrons. The van der Waals surface area contributed by atoms with Gasteiger partial charge in [0.1, 0.15) is 11.9 Å². The van der Waals surface area contributed by atoms with Gasteiger partial charge in [-0.1, -0.05) is 26.2 Å². The van der Waals surface area contributed by atoms with E-state index in [0.29, 0.717) is 5.13 Å². The van der Waals surface area contributed by atoms with Crippen LogP contribution in [0.4, 0.5) is 5.13 Å². The van der Waals surface area contributed by atoms with Crippen molar-refractivity contribution in [1.29, 1.82) is 0 Å². The SMILES string of the molecule is CCc1nsc(NC(C(=O)O)C2CCCCC2)n1. The molecular formula is C12H19N3O2S. The number of aromatic nitrogens is 2. The van der Waals surface area contributed by atoms with Crippen molar-refractivity contribution >= 4 is 22.6 Å². The first kappa shape index (κ1) is 13.3. The molecule has 0 saturated heterocycles. The van der Waals surface area contributed by atoms with Crippen LogP contribution >= 0.6 is 11.5 Å². The molecule has 0 aromatic carbocycles. The molecule has 5 nitrogen and oxygen atoms in total. The summed E-state index contributed by atoms with van der Waals surface area (Å²) < 4.78 is 4.17. The van der Waals surface area contributed by atoms with Crippen LogP contribution in [0.3, 0.4) is 0 Å². The van der Waals surface area contributed by atoms with Crippen LogP contribution in [-0.2, 0) is 11.2 Å². The summed E-state index contributed by atoms with van der Waals surface area (Å²) in [6, 6.07) is -0.525. The Hall–Kier alpha value is -1.17. The van der Waals surface area contributed by atoms with Gasteiger partial charge in [0, 0.05) is 18.0 Å². The van der Waals surface area contributed by atoms with Gasteiger partial charge in [-0.2, -0.15) is 4.37 Å². The molecular weight excluding hydrogens is 250 g/mol. The Kier molecular flexibility index (Phi) is 4.52. The number of anilines is 1. The van der Waals surface area contributed by atoms with Gasteiger partial charge in [0.05, 0.1) is 0 Å². The number of hydrogen-bond acceptors (Lipinski definition) is 5. The normalized spacial score (nSPS) is 18.5. The van der Waals surface area contributed by atoms with Crippen LogP contribution in [0, 0.1) is 5.92 Å². The molecule has 0 spiro atoms. The van der Waals surface area contributed by atoms with Gasteiger partial charge >= 0.3 is 5.97 Å². The van der Waals surface area contributed by atoms with Gasteiger partial charge in [0.15, 0.2) is 0 Å². The summed E-state index contributed by atoms with van der Waals surface area (Å²) >= 11 is 1.25. The number of nitrogens with one attached hydrogen (secondary N) is 1. The van der Waals surface area contributed by atoms with Crippen molar-refractivity contribution in [2.75, 3.05) is 5.32 Å². The summed E-state index contributed by atoms with van der Waals surface area (Å²) in [5.41, 5.74) is 0. The topological polar surface area (TPSA) is 75.1 Å². The van der Waals surface area contributed by atoms with Crippen molar-refractivity contribution in [2.45, 2.75) is 51.5 Å². The predicted octanol–water partition coefficient (Wildman–Crippen LogP) is 2.55. The van der Waals surface area contributed by atoms with E-state index in [1.807, 2.05) is 6.92 Å². The first-order chi connectivity index (χ1) is 8.70. The molecule has 1 fully saturated rings. The maximum absolute atomic E-state index is 11.4. The molecule has 0 amide bonds. The molecule has 1 aliphatic rings. The molecule has 1 saturated carbocycles. The molecule has 18 heavy (non-hydrogen) atoms. The van der Waals surface area contributed by atoms with Crippen molar-refractivity contribution in [3.63, 3.8) is 0 Å². The number of hydrogen-bond donors (Lipinski definition) is 2. The first-order valence-electron chi connectivity index (χ1n) is 6.52. The van der Waals surface area contributed by atoms with Crippen molar-refractivity contribution in [3.8, 4) is 0 Å². The number of carboxylic acids is 1. The van der Waals surface area contributed by atoms with E-state index in [0.717, 1.165) is 37.9 Å². The zero-order chi connectivity index (χ0) is 13.0. The summed E-state index contributed by atoms with van der Waals surface area (Å²) in [6.45, 7) is 1.99. The van der Waals surface area contributed by atoms with E-state index in [-0.39, 0.29) is 5.92 Å². The highest BCUT2D eigenvalue weighted by Crippen LogP contribution is 2.28. The van der Waals surface area contributed by atoms with Gasteiger partial charge in [-0.3, -0.25) is 0 Å². The lowest BCUT2D eigenvalue weighted by Crippen LogP contribution is -2.37. The smallest absolute Gasteiger partial charge is 0.326 e. The maximum Gasteiger partial charge on any atom is 0.326 e. The molecule has 2 rings (SSSR count). The zero-order valence-electron chi connectivity index (χ0n) is 10.6. The van der Waals surface area contributed by atoms with E-state index >= 15 is 0 Å². The zero-order valence-corrected chi connectivity index (χ0v) is 11.4. The fourth-order valence-electron chi connectivity index (χ4n) is 2.44. The Morgan fingerprint density at radius 2 is 2.22 bits per heavy atom. The van der Waals surface area contributed by atoms with Gasteiger partial charge in [-0.15, -0.1) is 0 Å². The molecule has 0 radical (unpaired) electrons. The van der Waals surface area contributed by atoms with E-state index in [2.05, 4.69) is 14.7 Å². The molecule has 0 aliphatic heterocycles. The summed E-state index contributed by atoms with van der Waals surface area (Å²) in [6.07, 6.45) is 6.24. The van der Waals surface area contributed by atoms with Crippen LogP contribution in [0.25, 0.3) is 0 Å². The highest BCUT2D eigenvalue weighted by Gasteiger charge is 2.30. The number of rotatable bonds is 5. The summed E-state index contributed by atoms with van der Waals surface area (Å²) in [7, 11) is 0. The minimum atomic E-state index is -0.782. The number of carbonyl (C=O) groups is 1. The number of aliphatic carboxylic acids is 1. The van der Waals surface area contributed by atoms with Gasteiger partial charge in [0.2, 0.25) is 5.13 Å². The summed E-state index contributed by atoms with van der Waals surface area (Å²) in [4.78, 5) is 15.7. The van der Waals surface area contributed by atoms with Crippen molar-refractivity contribution in [3.05, 3.63) is 5.82 Å². The average molecular weight is 269 g/mol. The standard InChI is InChI=1S/C12H19N3O2S/c1-2-9-13-12(18-15-9)14-10(11(16)17)8-6-4-3-5-7-8/h8,10H,2-7H2,1H3,(H,16,17)(H,13,14,15). The molecule has 1 aromatic heterocycles. The third-order valence-electron chi connectivity index (χ3n) is 3.45. The van der Waals surface area contributed by atoms with Crippen LogP contribution in [0.1, 0.15) is 44.9 Å². The minimum absolute atomic E-state index is 0.213. The number of aryl methyl sites for hydroxylation is 1. The summed E-state index contributed by atoms with van der Waals surface area (Å²) in [5, 5.41) is 13.0. The number of nitrogens with zero attached hydrogens (tertiary/aromatic N) is 2. The largest absolute Gasteiger partial charge is 0.480 e. The average Bonchev–Trinajstić information content (AvgIpc) is 2.84. The Labute approximate surface area is 111 Å². The second-order valence-electron chi connectivity index (χ2n) is 4.73. The molecule has 1 unspecified atom stereocenters. The predicted molar refractivity (Wildman–Crippen MR) is 70.9 cm³/mol. The lowest BCUT2D eigenvalue weighted by molar-refractivity contribution is -0.139. The van der Waals surface area contributed by atoms with Gasteiger partial charge in [-0.05, 0) is 18.8 Å². The second-order valence-corrected chi connectivity index (χ2v) is 5.48. The Morgan fingerprint density at radius 3 is 2.78 bits per heavy atom. The van der Waals surface area contributed by atoms with Crippen LogP contribution in [0.2, 0.25) is 0 Å². The van der Waals surface area contributed by atoms with Gasteiger partial charge in [-0.25, -0.2) is 9.78 Å². The fourth-order valence-corrected chi connectivity index (χ4v) is 3.13. The first-order valence-corrected chi connectivity index (χ1v) is 7.30. The molecule has 1 atom stereocenters. The second kappa shape index (κ2) is 6.13. The van der Waals surface area contributed by atoms with Gasteiger partial charge in [0.25, 0.3) is 0 Å². The third-order valence-corrected chi connectivity index (χ3v) is 4.13. The van der Waals surface area contributed by atoms with Crippen molar-refractivity contribution < 1.29 is 9.90 Å². The highest BCUT2D eigenvalue weighted by molar-refractivity contribution is 7.09. The van der Waals surface area contributed by atoms with E-state index < -0.39 is 12.0 Å². The minimum Gasteiger partial charge on any atom is -0.480 e. The van der Waals surface area contributed by atoms with Crippen LogP contribution in [0.15, 0.2) is 0 Å². The molecule has 1 heterocycles. The Morgan fingerprint density at radius 1 is 1.50 bits per heavy atom. The third kappa shape index (κ3) is 3.19. The van der Waals surface area contributed by atoms with Crippen molar-refractivity contribution in [1.82, 2.24) is 9.36 Å². The quantitative estimate of drug-likeness (QED) is 0.859. The summed E-state index contributed by atoms with van der Waals surface area (Å²) in [5.74, 6) is 0.204. The number of carboxylic acid groups (broad SMARTS) is 1. The lowest BCUT2D eigenvalue weighted by atomic mass is 9.84. The molecule has 1 aromatic rings. The van der Waals surface area contributed by atoms with Crippen LogP contribution in [0.5, 0.6) is 0 Å². The fraction of sp³-hybridized carbons (Fsp3) is 0.750. The van der Waals surface area contributed by atoms with Crippen LogP contribution in [-0.4, -0.2) is 26.5 Å². The molecule has 0 bridgehead atoms. The van der Waals surface area contributed by atoms with E-state index in [1.54, 1.807) is 0 Å². The monoisotopic (exact) mass is 269 g/mol. The van der Waals surface area contributed by atoms with Gasteiger partial charge < -0.3 is 10.4 Å². The lowest BCUT2D eigenvalue weighted by Gasteiger charge is -2.27. The van der Waals surface area contributed by atoms with Crippen molar-refractivity contribution in [2.24, 2.45) is 5.92 Å². The maximum atomic E-state index is 11.4. The molecule has 6 heteroatoms.